The van der Waals surface area contributed by atoms with Gasteiger partial charge in [-0.15, -0.1) is 0 Å². The molecule has 27 heavy (non-hydrogen) atoms. The minimum Gasteiger partial charge on any atom is -0.493 e. The zero-order valence-corrected chi connectivity index (χ0v) is 16.7. The largest absolute Gasteiger partial charge is 0.493 e. The van der Waals surface area contributed by atoms with Gasteiger partial charge in [0, 0.05) is 6.92 Å². The highest BCUT2D eigenvalue weighted by Crippen LogP contribution is 2.35. The molecular weight excluding hydrogens is 468 g/mol. The van der Waals surface area contributed by atoms with Crippen LogP contribution in [0.5, 0.6) is 11.5 Å². The van der Waals surface area contributed by atoms with Crippen molar-refractivity contribution < 1.29 is 28.6 Å². The van der Waals surface area contributed by atoms with E-state index in [9.17, 15) is 19.1 Å². The summed E-state index contributed by atoms with van der Waals surface area (Å²) in [7, 11) is 1.46. The molecule has 1 amide bonds. The van der Waals surface area contributed by atoms with Gasteiger partial charge in [-0.05, 0) is 64.1 Å². The summed E-state index contributed by atoms with van der Waals surface area (Å²) in [5.74, 6) is -1.25. The molecule has 0 unspecified atom stereocenters. The quantitative estimate of drug-likeness (QED) is 0.463. The molecular formula is C19H17FINO5. The molecule has 0 heterocycles. The molecule has 0 saturated carbocycles. The average Bonchev–Trinajstić information content (AvgIpc) is 2.59. The molecule has 2 aromatic carbocycles. The molecule has 2 N–H and O–H groups in total. The van der Waals surface area contributed by atoms with Crippen molar-refractivity contribution in [2.24, 2.45) is 0 Å². The monoisotopic (exact) mass is 485 g/mol. The second-order valence-electron chi connectivity index (χ2n) is 5.50. The molecule has 0 saturated heterocycles. The van der Waals surface area contributed by atoms with Crippen LogP contribution in [0.4, 0.5) is 4.39 Å². The van der Waals surface area contributed by atoms with Crippen molar-refractivity contribution >= 4 is 40.5 Å². The first-order valence-electron chi connectivity index (χ1n) is 7.77. The van der Waals surface area contributed by atoms with Crippen molar-refractivity contribution in [3.8, 4) is 11.5 Å². The average molecular weight is 485 g/mol. The Kier molecular flexibility index (Phi) is 7.17. The Morgan fingerprint density at radius 3 is 2.63 bits per heavy atom. The highest BCUT2D eigenvalue weighted by molar-refractivity contribution is 14.1. The zero-order valence-electron chi connectivity index (χ0n) is 14.6. The van der Waals surface area contributed by atoms with E-state index >= 15 is 0 Å². The second kappa shape index (κ2) is 9.36. The highest BCUT2D eigenvalue weighted by atomic mass is 127. The minimum absolute atomic E-state index is 0.144. The molecule has 0 aliphatic carbocycles. The number of carboxylic acids is 1. The molecule has 0 fully saturated rings. The van der Waals surface area contributed by atoms with Gasteiger partial charge >= 0.3 is 5.97 Å². The molecule has 0 aromatic heterocycles. The molecule has 0 radical (unpaired) electrons. The molecule has 0 bridgehead atoms. The zero-order chi connectivity index (χ0) is 20.0. The fourth-order valence-corrected chi connectivity index (χ4v) is 3.03. The van der Waals surface area contributed by atoms with E-state index in [2.05, 4.69) is 5.32 Å². The lowest BCUT2D eigenvalue weighted by Gasteiger charge is -2.14. The fourth-order valence-electron chi connectivity index (χ4n) is 2.25. The first-order chi connectivity index (χ1) is 12.8. The van der Waals surface area contributed by atoms with Crippen LogP contribution >= 0.6 is 22.6 Å². The summed E-state index contributed by atoms with van der Waals surface area (Å²) >= 11 is 2.03. The van der Waals surface area contributed by atoms with Crippen LogP contribution in [0.25, 0.3) is 6.08 Å². The number of carboxylic acid groups (broad SMARTS) is 1. The lowest BCUT2D eigenvalue weighted by Crippen LogP contribution is -2.24. The van der Waals surface area contributed by atoms with E-state index < -0.39 is 11.9 Å². The lowest BCUT2D eigenvalue weighted by atomic mass is 10.1. The number of ether oxygens (including phenoxy) is 2. The summed E-state index contributed by atoms with van der Waals surface area (Å²) in [5.41, 5.74) is 0.921. The number of halogens is 2. The van der Waals surface area contributed by atoms with Crippen LogP contribution in [0.1, 0.15) is 18.1 Å². The number of nitrogens with one attached hydrogen (secondary N) is 1. The van der Waals surface area contributed by atoms with E-state index in [1.165, 1.54) is 32.2 Å². The molecule has 0 spiro atoms. The Hall–Kier alpha value is -2.62. The molecule has 6 nitrogen and oxygen atoms in total. The number of hydrogen-bond donors (Lipinski definition) is 2. The van der Waals surface area contributed by atoms with Gasteiger partial charge in [0.2, 0.25) is 5.91 Å². The number of rotatable bonds is 7. The van der Waals surface area contributed by atoms with Crippen LogP contribution < -0.4 is 14.8 Å². The number of carbonyl (C=O) groups is 2. The number of benzene rings is 2. The van der Waals surface area contributed by atoms with Crippen molar-refractivity contribution in [1.29, 1.82) is 0 Å². The first-order valence-corrected chi connectivity index (χ1v) is 8.85. The Labute approximate surface area is 169 Å². The maximum Gasteiger partial charge on any atom is 0.352 e. The number of hydrogen-bond acceptors (Lipinski definition) is 4. The minimum atomic E-state index is -1.26. The molecule has 0 aliphatic heterocycles. The molecule has 0 aliphatic rings. The van der Waals surface area contributed by atoms with E-state index in [-0.39, 0.29) is 18.1 Å². The Balaban J connectivity index is 2.30. The van der Waals surface area contributed by atoms with Crippen molar-refractivity contribution in [2.45, 2.75) is 13.5 Å². The van der Waals surface area contributed by atoms with Gasteiger partial charge in [0.25, 0.3) is 0 Å². The van der Waals surface area contributed by atoms with Crippen molar-refractivity contribution in [2.75, 3.05) is 7.11 Å². The Morgan fingerprint density at radius 1 is 1.30 bits per heavy atom. The van der Waals surface area contributed by atoms with Gasteiger partial charge in [-0.2, -0.15) is 0 Å². The second-order valence-corrected chi connectivity index (χ2v) is 6.66. The third-order valence-corrected chi connectivity index (χ3v) is 4.18. The van der Waals surface area contributed by atoms with Crippen molar-refractivity contribution in [3.63, 3.8) is 0 Å². The molecule has 2 aromatic rings. The lowest BCUT2D eigenvalue weighted by molar-refractivity contribution is -0.134. The normalized spacial score (nSPS) is 11.0. The van der Waals surface area contributed by atoms with E-state index in [0.29, 0.717) is 26.2 Å². The van der Waals surface area contributed by atoms with Crippen LogP contribution in [0, 0.1) is 9.39 Å². The third kappa shape index (κ3) is 5.95. The Bertz CT molecular complexity index is 898. The summed E-state index contributed by atoms with van der Waals surface area (Å²) in [5, 5.41) is 11.5. The van der Waals surface area contributed by atoms with E-state index in [0.717, 1.165) is 0 Å². The van der Waals surface area contributed by atoms with Crippen molar-refractivity contribution in [1.82, 2.24) is 5.32 Å². The summed E-state index contributed by atoms with van der Waals surface area (Å²) in [6, 6.07) is 9.35. The van der Waals surface area contributed by atoms with Crippen LogP contribution in [-0.4, -0.2) is 24.1 Å². The maximum atomic E-state index is 13.3. The topological polar surface area (TPSA) is 84.9 Å². The first kappa shape index (κ1) is 20.7. The summed E-state index contributed by atoms with van der Waals surface area (Å²) in [6.45, 7) is 1.37. The molecule has 0 atom stereocenters. The summed E-state index contributed by atoms with van der Waals surface area (Å²) < 4.78 is 25.1. The number of aliphatic carboxylic acids is 1. The van der Waals surface area contributed by atoms with Gasteiger partial charge in [0.05, 0.1) is 10.7 Å². The van der Waals surface area contributed by atoms with E-state index in [1.807, 2.05) is 22.6 Å². The number of carbonyl (C=O) groups excluding carboxylic acids is 1. The smallest absolute Gasteiger partial charge is 0.352 e. The predicted octanol–water partition coefficient (Wildman–Crippen LogP) is 3.58. The molecule has 2 rings (SSSR count). The molecule has 142 valence electrons. The number of methoxy groups -OCH3 is 1. The van der Waals surface area contributed by atoms with Gasteiger partial charge in [0.15, 0.2) is 11.5 Å². The fraction of sp³-hybridized carbons (Fsp3) is 0.158. The summed E-state index contributed by atoms with van der Waals surface area (Å²) in [6.07, 6.45) is 1.32. The van der Waals surface area contributed by atoms with Crippen LogP contribution in [0.15, 0.2) is 42.1 Å². The van der Waals surface area contributed by atoms with Gasteiger partial charge < -0.3 is 19.9 Å². The molecule has 8 heteroatoms. The van der Waals surface area contributed by atoms with Crippen LogP contribution in [0.3, 0.4) is 0 Å². The van der Waals surface area contributed by atoms with Gasteiger partial charge in [0.1, 0.15) is 18.1 Å². The van der Waals surface area contributed by atoms with Gasteiger partial charge in [-0.1, -0.05) is 12.1 Å². The van der Waals surface area contributed by atoms with Crippen molar-refractivity contribution in [3.05, 3.63) is 62.6 Å². The summed E-state index contributed by atoms with van der Waals surface area (Å²) in [4.78, 5) is 22.4. The maximum absolute atomic E-state index is 13.3. The third-order valence-electron chi connectivity index (χ3n) is 3.38. The SMILES string of the molecule is COc1cc(C=C(NC(C)=O)C(=O)O)cc(I)c1OCc1cccc(F)c1. The van der Waals surface area contributed by atoms with E-state index in [4.69, 9.17) is 9.47 Å². The predicted molar refractivity (Wildman–Crippen MR) is 106 cm³/mol. The van der Waals surface area contributed by atoms with Gasteiger partial charge in [-0.25, -0.2) is 9.18 Å². The van der Waals surface area contributed by atoms with Gasteiger partial charge in [-0.3, -0.25) is 4.79 Å². The van der Waals surface area contributed by atoms with Crippen LogP contribution in [0.2, 0.25) is 0 Å². The standard InChI is InChI=1S/C19H17FINO5/c1-11(23)22-16(19(24)25)8-13-7-15(21)18(17(9-13)26-2)27-10-12-4-3-5-14(20)6-12/h3-9H,10H2,1-2H3,(H,22,23)(H,24,25). The van der Waals surface area contributed by atoms with E-state index in [1.54, 1.807) is 24.3 Å². The van der Waals surface area contributed by atoms with Crippen LogP contribution in [-0.2, 0) is 16.2 Å². The highest BCUT2D eigenvalue weighted by Gasteiger charge is 2.14. The number of amides is 1. The Morgan fingerprint density at radius 2 is 2.04 bits per heavy atom.